The molecule has 1 heterocycles. The molecule has 1 fully saturated rings. The number of thiocarbonyl (C=S) groups is 1. The zero-order valence-corrected chi connectivity index (χ0v) is 16.5. The van der Waals surface area contributed by atoms with Crippen molar-refractivity contribution in [1.29, 1.82) is 0 Å². The van der Waals surface area contributed by atoms with Crippen LogP contribution in [0.5, 0.6) is 5.75 Å². The van der Waals surface area contributed by atoms with Gasteiger partial charge < -0.3 is 15.4 Å². The van der Waals surface area contributed by atoms with Gasteiger partial charge in [0, 0.05) is 17.3 Å². The molecule has 1 aliphatic heterocycles. The van der Waals surface area contributed by atoms with Crippen molar-refractivity contribution < 1.29 is 4.74 Å². The lowest BCUT2D eigenvalue weighted by atomic mass is 10.1. The van der Waals surface area contributed by atoms with Crippen LogP contribution in [-0.2, 0) is 6.54 Å². The average Bonchev–Trinajstić information content (AvgIpc) is 2.64. The Hall–Kier alpha value is -1.82. The van der Waals surface area contributed by atoms with E-state index >= 15 is 0 Å². The Labute approximate surface area is 165 Å². The van der Waals surface area contributed by atoms with Crippen LogP contribution in [0.25, 0.3) is 0 Å². The molecule has 2 aromatic rings. The van der Waals surface area contributed by atoms with Gasteiger partial charge in [-0.05, 0) is 74.0 Å². The summed E-state index contributed by atoms with van der Waals surface area (Å²) in [5.74, 6) is 0.690. The smallest absolute Gasteiger partial charge is 0.175 e. The van der Waals surface area contributed by atoms with Crippen molar-refractivity contribution in [3.63, 3.8) is 0 Å². The van der Waals surface area contributed by atoms with Gasteiger partial charge in [-0.25, -0.2) is 0 Å². The molecule has 138 valence electrons. The van der Waals surface area contributed by atoms with Crippen molar-refractivity contribution in [1.82, 2.24) is 4.90 Å². The van der Waals surface area contributed by atoms with Gasteiger partial charge in [0.1, 0.15) is 5.75 Å². The number of methoxy groups -OCH3 is 1. The van der Waals surface area contributed by atoms with Gasteiger partial charge in [-0.2, -0.15) is 0 Å². The maximum Gasteiger partial charge on any atom is 0.175 e. The lowest BCUT2D eigenvalue weighted by Crippen LogP contribution is -2.29. The van der Waals surface area contributed by atoms with Gasteiger partial charge >= 0.3 is 0 Å². The van der Waals surface area contributed by atoms with Crippen LogP contribution in [0.4, 0.5) is 11.4 Å². The zero-order valence-electron chi connectivity index (χ0n) is 14.9. The number of ether oxygens (including phenoxy) is 1. The lowest BCUT2D eigenvalue weighted by molar-refractivity contribution is 0.221. The molecular weight excluding hydrogens is 366 g/mol. The van der Waals surface area contributed by atoms with Crippen molar-refractivity contribution in [2.45, 2.75) is 25.8 Å². The van der Waals surface area contributed by atoms with Crippen molar-refractivity contribution in [3.05, 3.63) is 53.1 Å². The minimum Gasteiger partial charge on any atom is -0.495 e. The summed E-state index contributed by atoms with van der Waals surface area (Å²) < 4.78 is 5.33. The lowest BCUT2D eigenvalue weighted by Gasteiger charge is -2.26. The molecule has 0 unspecified atom stereocenters. The maximum absolute atomic E-state index is 6.05. The van der Waals surface area contributed by atoms with E-state index in [9.17, 15) is 0 Å². The molecule has 2 N–H and O–H groups in total. The molecule has 0 saturated carbocycles. The summed E-state index contributed by atoms with van der Waals surface area (Å²) in [4.78, 5) is 2.52. The van der Waals surface area contributed by atoms with Crippen LogP contribution >= 0.6 is 23.8 Å². The van der Waals surface area contributed by atoms with Gasteiger partial charge in [-0.1, -0.05) is 30.2 Å². The highest BCUT2D eigenvalue weighted by Crippen LogP contribution is 2.27. The van der Waals surface area contributed by atoms with Gasteiger partial charge in [-0.3, -0.25) is 4.90 Å². The molecular formula is C20H24ClN3OS. The molecule has 0 spiro atoms. The van der Waals surface area contributed by atoms with Crippen LogP contribution in [0.1, 0.15) is 24.8 Å². The number of halogens is 1. The summed E-state index contributed by atoms with van der Waals surface area (Å²) in [5, 5.41) is 7.45. The number of piperidine rings is 1. The van der Waals surface area contributed by atoms with Crippen molar-refractivity contribution in [3.8, 4) is 5.75 Å². The number of hydrogen-bond donors (Lipinski definition) is 2. The summed E-state index contributed by atoms with van der Waals surface area (Å²) in [6.07, 6.45) is 3.99. The number of anilines is 2. The summed E-state index contributed by atoms with van der Waals surface area (Å²) in [6.45, 7) is 3.42. The van der Waals surface area contributed by atoms with E-state index in [1.807, 2.05) is 6.07 Å². The van der Waals surface area contributed by atoms with E-state index < -0.39 is 0 Å². The van der Waals surface area contributed by atoms with Gasteiger partial charge in [0.25, 0.3) is 0 Å². The predicted molar refractivity (Wildman–Crippen MR) is 113 cm³/mol. The van der Waals surface area contributed by atoms with Crippen LogP contribution in [0.15, 0.2) is 42.5 Å². The molecule has 0 bridgehead atoms. The Bertz CT molecular complexity index is 745. The quantitative estimate of drug-likeness (QED) is 0.692. The third kappa shape index (κ3) is 5.34. The van der Waals surface area contributed by atoms with Crippen LogP contribution in [0.3, 0.4) is 0 Å². The molecule has 1 saturated heterocycles. The molecule has 2 aromatic carbocycles. The minimum atomic E-state index is 0.495. The number of rotatable bonds is 5. The third-order valence-corrected chi connectivity index (χ3v) is 4.92. The summed E-state index contributed by atoms with van der Waals surface area (Å²) in [6, 6.07) is 13.8. The van der Waals surface area contributed by atoms with E-state index in [4.69, 9.17) is 28.6 Å². The largest absolute Gasteiger partial charge is 0.495 e. The highest BCUT2D eigenvalue weighted by molar-refractivity contribution is 7.80. The van der Waals surface area contributed by atoms with Crippen molar-refractivity contribution >= 4 is 40.3 Å². The van der Waals surface area contributed by atoms with Gasteiger partial charge in [0.2, 0.25) is 0 Å². The maximum atomic E-state index is 6.05. The second kappa shape index (κ2) is 9.21. The fourth-order valence-corrected chi connectivity index (χ4v) is 3.53. The first kappa shape index (κ1) is 19.0. The summed E-state index contributed by atoms with van der Waals surface area (Å²) >= 11 is 11.5. The fourth-order valence-electron chi connectivity index (χ4n) is 3.13. The second-order valence-corrected chi connectivity index (χ2v) is 7.30. The van der Waals surface area contributed by atoms with E-state index in [1.54, 1.807) is 19.2 Å². The molecule has 0 amide bonds. The van der Waals surface area contributed by atoms with Gasteiger partial charge in [-0.15, -0.1) is 0 Å². The Kier molecular flexibility index (Phi) is 6.72. The molecule has 0 aliphatic carbocycles. The van der Waals surface area contributed by atoms with Crippen molar-refractivity contribution in [2.24, 2.45) is 0 Å². The van der Waals surface area contributed by atoms with E-state index in [2.05, 4.69) is 39.8 Å². The number of benzene rings is 2. The van der Waals surface area contributed by atoms with E-state index in [0.717, 1.165) is 17.9 Å². The number of nitrogens with one attached hydrogen (secondary N) is 2. The third-order valence-electron chi connectivity index (χ3n) is 4.48. The highest BCUT2D eigenvalue weighted by atomic mass is 35.5. The average molecular weight is 390 g/mol. The Morgan fingerprint density at radius 1 is 1.08 bits per heavy atom. The van der Waals surface area contributed by atoms with Gasteiger partial charge in [0.15, 0.2) is 5.11 Å². The topological polar surface area (TPSA) is 36.5 Å². The monoisotopic (exact) mass is 389 g/mol. The molecule has 26 heavy (non-hydrogen) atoms. The molecule has 4 nitrogen and oxygen atoms in total. The number of hydrogen-bond acceptors (Lipinski definition) is 3. The number of nitrogens with zero attached hydrogens (tertiary/aromatic N) is 1. The van der Waals surface area contributed by atoms with Gasteiger partial charge in [0.05, 0.1) is 12.8 Å². The van der Waals surface area contributed by atoms with E-state index in [1.165, 1.54) is 37.9 Å². The SMILES string of the molecule is COc1ccc(Cl)cc1NC(=S)Nc1ccc(CN2CCCCC2)cc1. The molecule has 0 aromatic heterocycles. The minimum absolute atomic E-state index is 0.495. The molecule has 3 rings (SSSR count). The van der Waals surface area contributed by atoms with Crippen LogP contribution in [0, 0.1) is 0 Å². The Balaban J connectivity index is 1.56. The first-order chi connectivity index (χ1) is 12.6. The Morgan fingerprint density at radius 2 is 1.81 bits per heavy atom. The molecule has 1 aliphatic rings. The normalized spacial score (nSPS) is 14.7. The van der Waals surface area contributed by atoms with Crippen LogP contribution < -0.4 is 15.4 Å². The van der Waals surface area contributed by atoms with Crippen molar-refractivity contribution in [2.75, 3.05) is 30.8 Å². The van der Waals surface area contributed by atoms with Crippen LogP contribution in [0.2, 0.25) is 5.02 Å². The predicted octanol–water partition coefficient (Wildman–Crippen LogP) is 5.14. The summed E-state index contributed by atoms with van der Waals surface area (Å²) in [7, 11) is 1.62. The number of likely N-dealkylation sites (tertiary alicyclic amines) is 1. The summed E-state index contributed by atoms with van der Waals surface area (Å²) in [5.41, 5.74) is 3.01. The molecule has 6 heteroatoms. The first-order valence-electron chi connectivity index (χ1n) is 8.87. The van der Waals surface area contributed by atoms with E-state index in [0.29, 0.717) is 15.9 Å². The van der Waals surface area contributed by atoms with E-state index in [-0.39, 0.29) is 0 Å². The fraction of sp³-hybridized carbons (Fsp3) is 0.350. The second-order valence-electron chi connectivity index (χ2n) is 6.46. The molecule has 0 radical (unpaired) electrons. The Morgan fingerprint density at radius 3 is 2.50 bits per heavy atom. The molecule has 0 atom stereocenters. The standard InChI is InChI=1S/C20H24ClN3OS/c1-25-19-10-7-16(21)13-18(19)23-20(26)22-17-8-5-15(6-9-17)14-24-11-3-2-4-12-24/h5-10,13H,2-4,11-12,14H2,1H3,(H2,22,23,26). The zero-order chi connectivity index (χ0) is 18.4. The van der Waals surface area contributed by atoms with Crippen LogP contribution in [-0.4, -0.2) is 30.2 Å². The first-order valence-corrected chi connectivity index (χ1v) is 9.65. The highest BCUT2D eigenvalue weighted by Gasteiger charge is 2.10.